The summed E-state index contributed by atoms with van der Waals surface area (Å²) in [5, 5.41) is 11.9. The highest BCUT2D eigenvalue weighted by Gasteiger charge is 2.28. The zero-order chi connectivity index (χ0) is 21.6. The van der Waals surface area contributed by atoms with Gasteiger partial charge in [0.15, 0.2) is 0 Å². The fourth-order valence-electron chi connectivity index (χ4n) is 3.95. The molecule has 0 saturated heterocycles. The lowest BCUT2D eigenvalue weighted by Gasteiger charge is -2.14. The van der Waals surface area contributed by atoms with Crippen LogP contribution in [0.5, 0.6) is 0 Å². The number of alkyl carbamates (subject to hydrolysis) is 1. The summed E-state index contributed by atoms with van der Waals surface area (Å²) < 4.78 is 18.9. The maximum absolute atomic E-state index is 13.4. The first-order valence-corrected chi connectivity index (χ1v) is 10.3. The molecule has 3 aromatic rings. The first-order chi connectivity index (χ1) is 15.2. The van der Waals surface area contributed by atoms with Gasteiger partial charge < -0.3 is 15.2 Å². The quantitative estimate of drug-likeness (QED) is 0.516. The van der Waals surface area contributed by atoms with Gasteiger partial charge in [-0.2, -0.15) is 0 Å². The molecule has 0 radical (unpaired) electrons. The molecule has 0 aromatic heterocycles. The molecule has 158 valence electrons. The Labute approximate surface area is 181 Å². The van der Waals surface area contributed by atoms with Crippen LogP contribution in [0, 0.1) is 5.82 Å². The van der Waals surface area contributed by atoms with E-state index in [1.807, 2.05) is 36.4 Å². The van der Waals surface area contributed by atoms with Crippen molar-refractivity contribution in [2.75, 3.05) is 13.2 Å². The summed E-state index contributed by atoms with van der Waals surface area (Å²) >= 11 is 0. The fourth-order valence-corrected chi connectivity index (χ4v) is 3.95. The Morgan fingerprint density at radius 3 is 2.39 bits per heavy atom. The zero-order valence-electron chi connectivity index (χ0n) is 17.1. The summed E-state index contributed by atoms with van der Waals surface area (Å²) in [6.45, 7) is 0.382. The van der Waals surface area contributed by atoms with Crippen LogP contribution < -0.4 is 5.32 Å². The number of nitrogens with one attached hydrogen (secondary N) is 1. The Morgan fingerprint density at radius 1 is 1.03 bits per heavy atom. The Balaban J connectivity index is 1.27. The van der Waals surface area contributed by atoms with Crippen molar-refractivity contribution in [2.24, 2.45) is 0 Å². The van der Waals surface area contributed by atoms with Crippen molar-refractivity contribution in [2.45, 2.75) is 18.9 Å². The van der Waals surface area contributed by atoms with Crippen LogP contribution >= 0.6 is 0 Å². The summed E-state index contributed by atoms with van der Waals surface area (Å²) in [4.78, 5) is 12.2. The van der Waals surface area contributed by atoms with Gasteiger partial charge in [0.1, 0.15) is 12.4 Å². The molecule has 4 rings (SSSR count). The number of hydrogen-bond donors (Lipinski definition) is 2. The Bertz CT molecular complexity index is 1060. The number of ether oxygens (including phenoxy) is 1. The number of amides is 1. The number of carbonyl (C=O) groups is 1. The zero-order valence-corrected chi connectivity index (χ0v) is 17.1. The molecular formula is C26H24FNO3. The van der Waals surface area contributed by atoms with Crippen molar-refractivity contribution in [1.29, 1.82) is 0 Å². The highest BCUT2D eigenvalue weighted by atomic mass is 19.1. The largest absolute Gasteiger partial charge is 0.449 e. The number of carbonyl (C=O) groups excluding carboxylic acids is 1. The second-order valence-corrected chi connectivity index (χ2v) is 7.45. The third kappa shape index (κ3) is 4.67. The normalized spacial score (nSPS) is 12.6. The molecule has 1 amide bonds. The molecule has 1 aliphatic rings. The topological polar surface area (TPSA) is 58.6 Å². The third-order valence-corrected chi connectivity index (χ3v) is 5.47. The first-order valence-electron chi connectivity index (χ1n) is 10.3. The maximum atomic E-state index is 13.4. The van der Waals surface area contributed by atoms with Gasteiger partial charge in [-0.15, -0.1) is 0 Å². The molecule has 31 heavy (non-hydrogen) atoms. The minimum Gasteiger partial charge on any atom is -0.449 e. The van der Waals surface area contributed by atoms with Gasteiger partial charge in [0.25, 0.3) is 0 Å². The van der Waals surface area contributed by atoms with E-state index in [1.165, 1.54) is 28.3 Å². The number of halogens is 1. The second-order valence-electron chi connectivity index (χ2n) is 7.45. The average molecular weight is 417 g/mol. The van der Waals surface area contributed by atoms with Gasteiger partial charge in [-0.3, -0.25) is 0 Å². The lowest BCUT2D eigenvalue weighted by atomic mass is 9.98. The molecule has 1 aliphatic carbocycles. The van der Waals surface area contributed by atoms with Crippen molar-refractivity contribution in [3.63, 3.8) is 0 Å². The van der Waals surface area contributed by atoms with Crippen molar-refractivity contribution in [1.82, 2.24) is 5.32 Å². The van der Waals surface area contributed by atoms with E-state index < -0.39 is 11.9 Å². The minimum absolute atomic E-state index is 0.0391. The molecule has 0 atom stereocenters. The number of hydrogen-bond acceptors (Lipinski definition) is 3. The summed E-state index contributed by atoms with van der Waals surface area (Å²) in [7, 11) is 0. The van der Waals surface area contributed by atoms with E-state index in [2.05, 4.69) is 29.6 Å². The SMILES string of the molecule is O=C(NCCC=Cc1ccc(F)c(CO)c1)OCC1c2ccccc2-c2ccccc21. The van der Waals surface area contributed by atoms with Gasteiger partial charge in [0.2, 0.25) is 0 Å². The summed E-state index contributed by atoms with van der Waals surface area (Å²) in [5.41, 5.74) is 5.82. The minimum atomic E-state index is -0.445. The van der Waals surface area contributed by atoms with E-state index >= 15 is 0 Å². The molecule has 0 aliphatic heterocycles. The molecule has 0 unspecified atom stereocenters. The van der Waals surface area contributed by atoms with Crippen molar-refractivity contribution in [3.05, 3.63) is 101 Å². The van der Waals surface area contributed by atoms with Gasteiger partial charge in [-0.25, -0.2) is 9.18 Å². The Hall–Kier alpha value is -3.44. The Morgan fingerprint density at radius 2 is 1.71 bits per heavy atom. The van der Waals surface area contributed by atoms with Crippen LogP contribution in [0.3, 0.4) is 0 Å². The van der Waals surface area contributed by atoms with Gasteiger partial charge in [0.05, 0.1) is 6.61 Å². The lowest BCUT2D eigenvalue weighted by Crippen LogP contribution is -2.26. The smallest absolute Gasteiger partial charge is 0.407 e. The van der Waals surface area contributed by atoms with E-state index in [4.69, 9.17) is 9.84 Å². The van der Waals surface area contributed by atoms with E-state index in [9.17, 15) is 9.18 Å². The second kappa shape index (κ2) is 9.58. The van der Waals surface area contributed by atoms with E-state index in [0.717, 1.165) is 5.56 Å². The molecule has 0 heterocycles. The Kier molecular flexibility index (Phi) is 6.43. The monoisotopic (exact) mass is 417 g/mol. The maximum Gasteiger partial charge on any atom is 0.407 e. The highest BCUT2D eigenvalue weighted by molar-refractivity contribution is 5.79. The number of benzene rings is 3. The fraction of sp³-hybridized carbons (Fsp3) is 0.192. The highest BCUT2D eigenvalue weighted by Crippen LogP contribution is 2.44. The van der Waals surface area contributed by atoms with Crippen molar-refractivity contribution < 1.29 is 19.0 Å². The number of aliphatic hydroxyl groups is 1. The summed E-state index contributed by atoms with van der Waals surface area (Å²) in [6.07, 6.45) is 3.88. The third-order valence-electron chi connectivity index (χ3n) is 5.47. The average Bonchev–Trinajstić information content (AvgIpc) is 3.12. The molecule has 5 heteroatoms. The molecule has 0 bridgehead atoms. The first kappa shape index (κ1) is 20.8. The molecule has 0 fully saturated rings. The lowest BCUT2D eigenvalue weighted by molar-refractivity contribution is 0.143. The molecular weight excluding hydrogens is 393 g/mol. The van der Waals surface area contributed by atoms with Crippen LogP contribution in [-0.2, 0) is 11.3 Å². The molecule has 3 aromatic carbocycles. The predicted octanol–water partition coefficient (Wildman–Crippen LogP) is 5.26. The van der Waals surface area contributed by atoms with Crippen LogP contribution in [0.1, 0.15) is 34.6 Å². The van der Waals surface area contributed by atoms with Crippen LogP contribution in [0.15, 0.2) is 72.8 Å². The van der Waals surface area contributed by atoms with Crippen molar-refractivity contribution >= 4 is 12.2 Å². The van der Waals surface area contributed by atoms with Crippen molar-refractivity contribution in [3.8, 4) is 11.1 Å². The van der Waals surface area contributed by atoms with Crippen LogP contribution in [0.4, 0.5) is 9.18 Å². The van der Waals surface area contributed by atoms with Gasteiger partial charge in [0, 0.05) is 18.0 Å². The van der Waals surface area contributed by atoms with Crippen LogP contribution in [-0.4, -0.2) is 24.4 Å². The van der Waals surface area contributed by atoms with Gasteiger partial charge in [-0.05, 0) is 46.4 Å². The van der Waals surface area contributed by atoms with E-state index in [0.29, 0.717) is 13.0 Å². The summed E-state index contributed by atoms with van der Waals surface area (Å²) in [6, 6.07) is 21.0. The number of rotatable bonds is 7. The molecule has 2 N–H and O–H groups in total. The van der Waals surface area contributed by atoms with E-state index in [-0.39, 0.29) is 24.7 Å². The molecule has 0 saturated carbocycles. The van der Waals surface area contributed by atoms with Crippen LogP contribution in [0.2, 0.25) is 0 Å². The summed E-state index contributed by atoms with van der Waals surface area (Å²) in [5.74, 6) is -0.381. The number of fused-ring (bicyclic) bond motifs is 3. The van der Waals surface area contributed by atoms with E-state index in [1.54, 1.807) is 12.1 Å². The van der Waals surface area contributed by atoms with Crippen LogP contribution in [0.25, 0.3) is 17.2 Å². The van der Waals surface area contributed by atoms with Gasteiger partial charge in [-0.1, -0.05) is 66.7 Å². The molecule has 4 nitrogen and oxygen atoms in total. The molecule has 0 spiro atoms. The van der Waals surface area contributed by atoms with Gasteiger partial charge >= 0.3 is 6.09 Å². The predicted molar refractivity (Wildman–Crippen MR) is 119 cm³/mol. The standard InChI is InChI=1S/C26H24FNO3/c27-25-13-12-18(15-19(25)16-29)7-5-6-14-28-26(30)31-17-24-22-10-3-1-8-20(22)21-9-2-4-11-23(21)24/h1-5,7-13,15,24,29H,6,14,16-17H2,(H,28,30). The number of aliphatic hydroxyl groups excluding tert-OH is 1.